The van der Waals surface area contributed by atoms with E-state index in [2.05, 4.69) is 27.7 Å². The molecule has 112 valence electrons. The van der Waals surface area contributed by atoms with Crippen LogP contribution in [0, 0.1) is 0 Å². The van der Waals surface area contributed by atoms with E-state index in [1.54, 1.807) is 17.7 Å². The highest BCUT2D eigenvalue weighted by atomic mass is 32.2. The van der Waals surface area contributed by atoms with Gasteiger partial charge in [0.25, 0.3) is 0 Å². The second kappa shape index (κ2) is 6.19. The van der Waals surface area contributed by atoms with Crippen LogP contribution >= 0.6 is 23.1 Å². The van der Waals surface area contributed by atoms with Crippen molar-refractivity contribution >= 4 is 29.0 Å². The molecule has 0 aliphatic carbocycles. The first-order valence-corrected chi connectivity index (χ1v) is 8.77. The Morgan fingerprint density at radius 1 is 1.57 bits per heavy atom. The number of carbonyl (C=O) groups is 1. The van der Waals surface area contributed by atoms with Gasteiger partial charge in [-0.1, -0.05) is 17.8 Å². The van der Waals surface area contributed by atoms with Crippen LogP contribution in [0.1, 0.15) is 30.7 Å². The van der Waals surface area contributed by atoms with Crippen molar-refractivity contribution < 1.29 is 4.79 Å². The van der Waals surface area contributed by atoms with Crippen LogP contribution in [0.2, 0.25) is 0 Å². The van der Waals surface area contributed by atoms with Crippen molar-refractivity contribution in [2.24, 2.45) is 7.05 Å². The van der Waals surface area contributed by atoms with Gasteiger partial charge in [-0.15, -0.1) is 21.5 Å². The monoisotopic (exact) mass is 322 g/mol. The molecule has 1 amide bonds. The highest BCUT2D eigenvalue weighted by Gasteiger charge is 2.33. The van der Waals surface area contributed by atoms with Gasteiger partial charge < -0.3 is 9.47 Å². The fourth-order valence-corrected chi connectivity index (χ4v) is 4.36. The largest absolute Gasteiger partial charge is 0.334 e. The van der Waals surface area contributed by atoms with Crippen molar-refractivity contribution in [3.63, 3.8) is 0 Å². The molecule has 1 aliphatic heterocycles. The molecule has 1 saturated heterocycles. The standard InChI is InChI=1S/C14H18N4OS2/c1-10(21-14-16-15-9-17(14)2)13(19)18-7-3-5-11(18)12-6-4-8-20-12/h4,6,8-11H,3,5,7H2,1-2H3. The van der Waals surface area contributed by atoms with Crippen LogP contribution in [-0.2, 0) is 11.8 Å². The predicted octanol–water partition coefficient (Wildman–Crippen LogP) is 2.72. The maximum absolute atomic E-state index is 12.7. The number of aryl methyl sites for hydroxylation is 1. The third-order valence-electron chi connectivity index (χ3n) is 3.71. The molecule has 0 radical (unpaired) electrons. The summed E-state index contributed by atoms with van der Waals surface area (Å²) < 4.78 is 1.84. The molecule has 1 fully saturated rings. The van der Waals surface area contributed by atoms with Crippen LogP contribution < -0.4 is 0 Å². The zero-order valence-electron chi connectivity index (χ0n) is 12.1. The first-order chi connectivity index (χ1) is 10.2. The topological polar surface area (TPSA) is 51.0 Å². The third-order valence-corrected chi connectivity index (χ3v) is 5.82. The van der Waals surface area contributed by atoms with Gasteiger partial charge in [-0.2, -0.15) is 0 Å². The molecular formula is C14H18N4OS2. The molecule has 2 atom stereocenters. The van der Waals surface area contributed by atoms with Crippen LogP contribution in [0.5, 0.6) is 0 Å². The summed E-state index contributed by atoms with van der Waals surface area (Å²) in [6, 6.07) is 4.43. The van der Waals surface area contributed by atoms with Crippen molar-refractivity contribution in [3.05, 3.63) is 28.7 Å². The lowest BCUT2D eigenvalue weighted by molar-refractivity contribution is -0.131. The minimum atomic E-state index is -0.145. The van der Waals surface area contributed by atoms with Crippen LogP contribution in [0.15, 0.2) is 29.0 Å². The van der Waals surface area contributed by atoms with Gasteiger partial charge in [-0.25, -0.2) is 0 Å². The molecule has 21 heavy (non-hydrogen) atoms. The molecule has 3 heterocycles. The number of aromatic nitrogens is 3. The molecular weight excluding hydrogens is 304 g/mol. The average molecular weight is 322 g/mol. The van der Waals surface area contributed by atoms with Crippen LogP contribution in [0.3, 0.4) is 0 Å². The smallest absolute Gasteiger partial charge is 0.236 e. The van der Waals surface area contributed by atoms with Gasteiger partial charge in [0.1, 0.15) is 6.33 Å². The summed E-state index contributed by atoms with van der Waals surface area (Å²) >= 11 is 3.21. The Labute approximate surface area is 132 Å². The molecule has 2 unspecified atom stereocenters. The summed E-state index contributed by atoms with van der Waals surface area (Å²) in [4.78, 5) is 16.1. The van der Waals surface area contributed by atoms with Crippen LogP contribution in [0.4, 0.5) is 0 Å². The number of hydrogen-bond donors (Lipinski definition) is 0. The maximum Gasteiger partial charge on any atom is 0.236 e. The van der Waals surface area contributed by atoms with Crippen molar-refractivity contribution in [2.75, 3.05) is 6.54 Å². The van der Waals surface area contributed by atoms with E-state index >= 15 is 0 Å². The molecule has 0 spiro atoms. The van der Waals surface area contributed by atoms with Crippen molar-refractivity contribution in [1.29, 1.82) is 0 Å². The van der Waals surface area contributed by atoms with E-state index in [0.29, 0.717) is 0 Å². The summed E-state index contributed by atoms with van der Waals surface area (Å²) in [6.07, 6.45) is 3.80. The lowest BCUT2D eigenvalue weighted by atomic mass is 10.2. The van der Waals surface area contributed by atoms with Gasteiger partial charge in [-0.05, 0) is 31.2 Å². The number of rotatable bonds is 4. The molecule has 0 aromatic carbocycles. The molecule has 0 N–H and O–H groups in total. The van der Waals surface area contributed by atoms with E-state index in [1.165, 1.54) is 16.6 Å². The molecule has 2 aromatic heterocycles. The Kier molecular flexibility index (Phi) is 4.30. The lowest BCUT2D eigenvalue weighted by Crippen LogP contribution is -2.36. The van der Waals surface area contributed by atoms with E-state index in [9.17, 15) is 4.79 Å². The van der Waals surface area contributed by atoms with Crippen molar-refractivity contribution in [2.45, 2.75) is 36.2 Å². The second-order valence-corrected chi connectivity index (χ2v) is 7.48. The molecule has 7 heteroatoms. The molecule has 0 bridgehead atoms. The lowest BCUT2D eigenvalue weighted by Gasteiger charge is -2.26. The van der Waals surface area contributed by atoms with E-state index in [1.807, 2.05) is 23.4 Å². The minimum Gasteiger partial charge on any atom is -0.334 e. The average Bonchev–Trinajstić information content (AvgIpc) is 3.18. The molecule has 0 saturated carbocycles. The second-order valence-electron chi connectivity index (χ2n) is 5.19. The first-order valence-electron chi connectivity index (χ1n) is 7.01. The van der Waals surface area contributed by atoms with Crippen LogP contribution in [0.25, 0.3) is 0 Å². The Morgan fingerprint density at radius 2 is 2.43 bits per heavy atom. The number of thiophene rings is 1. The van der Waals surface area contributed by atoms with E-state index in [4.69, 9.17) is 0 Å². The van der Waals surface area contributed by atoms with Gasteiger partial charge in [0, 0.05) is 18.5 Å². The number of thioether (sulfide) groups is 1. The SMILES string of the molecule is CC(Sc1nncn1C)C(=O)N1CCCC1c1cccs1. The number of likely N-dealkylation sites (tertiary alicyclic amines) is 1. The predicted molar refractivity (Wildman–Crippen MR) is 84.3 cm³/mol. The van der Waals surface area contributed by atoms with Crippen molar-refractivity contribution in [1.82, 2.24) is 19.7 Å². The third kappa shape index (κ3) is 2.98. The van der Waals surface area contributed by atoms with Crippen LogP contribution in [-0.4, -0.2) is 37.4 Å². The van der Waals surface area contributed by atoms with Crippen molar-refractivity contribution in [3.8, 4) is 0 Å². The number of amides is 1. The highest BCUT2D eigenvalue weighted by molar-refractivity contribution is 8.00. The Hall–Kier alpha value is -1.34. The zero-order valence-corrected chi connectivity index (χ0v) is 13.7. The summed E-state index contributed by atoms with van der Waals surface area (Å²) in [5.41, 5.74) is 0. The maximum atomic E-state index is 12.7. The molecule has 1 aliphatic rings. The summed E-state index contributed by atoms with van der Waals surface area (Å²) in [7, 11) is 1.89. The molecule has 2 aromatic rings. The zero-order chi connectivity index (χ0) is 14.8. The van der Waals surface area contributed by atoms with E-state index in [0.717, 1.165) is 24.5 Å². The summed E-state index contributed by atoms with van der Waals surface area (Å²) in [5.74, 6) is 0.193. The fraction of sp³-hybridized carbons (Fsp3) is 0.500. The van der Waals surface area contributed by atoms with Gasteiger partial charge >= 0.3 is 0 Å². The minimum absolute atomic E-state index is 0.145. The van der Waals surface area contributed by atoms with E-state index < -0.39 is 0 Å². The van der Waals surface area contributed by atoms with Gasteiger partial charge in [0.05, 0.1) is 11.3 Å². The van der Waals surface area contributed by atoms with E-state index in [-0.39, 0.29) is 17.2 Å². The molecule has 5 nitrogen and oxygen atoms in total. The Morgan fingerprint density at radius 3 is 3.10 bits per heavy atom. The Bertz CT molecular complexity index is 610. The first kappa shape index (κ1) is 14.6. The Balaban J connectivity index is 1.70. The number of nitrogens with zero attached hydrogens (tertiary/aromatic N) is 4. The van der Waals surface area contributed by atoms with Gasteiger partial charge in [0.2, 0.25) is 5.91 Å². The highest BCUT2D eigenvalue weighted by Crippen LogP contribution is 2.36. The fourth-order valence-electron chi connectivity index (χ4n) is 2.63. The normalized spacial score (nSPS) is 19.9. The van der Waals surface area contributed by atoms with Gasteiger partial charge in [0.15, 0.2) is 5.16 Å². The quantitative estimate of drug-likeness (QED) is 0.812. The number of carbonyl (C=O) groups excluding carboxylic acids is 1. The summed E-state index contributed by atoms with van der Waals surface area (Å²) in [6.45, 7) is 2.80. The molecule has 3 rings (SSSR count). The van der Waals surface area contributed by atoms with Gasteiger partial charge in [-0.3, -0.25) is 4.79 Å². The number of hydrogen-bond acceptors (Lipinski definition) is 5. The summed E-state index contributed by atoms with van der Waals surface area (Å²) in [5, 5.41) is 10.6.